The van der Waals surface area contributed by atoms with Crippen LogP contribution in [-0.2, 0) is 11.0 Å². The number of phosphoric ester groups is 1. The molecule has 34 heavy (non-hydrogen) atoms. The molecule has 8 nitrogen and oxygen atoms in total. The van der Waals surface area contributed by atoms with E-state index < -0.39 is 7.82 Å². The summed E-state index contributed by atoms with van der Waals surface area (Å²) in [5.41, 5.74) is 1.03. The van der Waals surface area contributed by atoms with Crippen molar-refractivity contribution < 1.29 is 67.1 Å². The van der Waals surface area contributed by atoms with E-state index >= 15 is 0 Å². The Kier molecular flexibility index (Phi) is 10.5. The van der Waals surface area contributed by atoms with Crippen molar-refractivity contribution in [2.75, 3.05) is 21.3 Å². The van der Waals surface area contributed by atoms with Crippen LogP contribution in [0.1, 0.15) is 22.3 Å². The van der Waals surface area contributed by atoms with Gasteiger partial charge in [0.05, 0.1) is 21.3 Å². The molecule has 0 saturated heterocycles. The number of phosphoric acid groups is 1. The summed E-state index contributed by atoms with van der Waals surface area (Å²) in [6.07, 6.45) is 0.481. The molecule has 0 N–H and O–H groups in total. The molecule has 0 aliphatic rings. The number of carbonyl (C=O) groups is 1. The first-order valence-electron chi connectivity index (χ1n) is 10.0. The normalized spacial score (nSPS) is 12.0. The number of hydrogen-bond acceptors (Lipinski definition) is 8. The van der Waals surface area contributed by atoms with Crippen LogP contribution in [0.4, 0.5) is 0 Å². The molecule has 0 fully saturated rings. The number of hydrogen-bond donors (Lipinski definition) is 0. The van der Waals surface area contributed by atoms with Gasteiger partial charge in [-0.2, -0.15) is 0 Å². The standard InChI is InChI=1S/C24H25O8P.Na/c1-28-20-15-22(29-2)24(23(16-20)30-3)21(25)13-12-17-8-7-11-19(14-17)32-33(26,27)31-18-9-5-4-6-10-18;/h4-11,14-16H,12-13H2,1-3H3,(H,26,27);/q;+1/p-1. The summed E-state index contributed by atoms with van der Waals surface area (Å²) < 4.78 is 38.2. The Morgan fingerprint density at radius 2 is 1.38 bits per heavy atom. The van der Waals surface area contributed by atoms with Gasteiger partial charge in [0.25, 0.3) is 0 Å². The topological polar surface area (TPSA) is 103 Å². The smallest absolute Gasteiger partial charge is 0.736 e. The number of aryl methyl sites for hydroxylation is 1. The molecule has 0 aromatic heterocycles. The third kappa shape index (κ3) is 7.52. The second-order valence-corrected chi connectivity index (χ2v) is 8.18. The summed E-state index contributed by atoms with van der Waals surface area (Å²) in [4.78, 5) is 25.2. The van der Waals surface area contributed by atoms with Crippen LogP contribution in [0.15, 0.2) is 66.7 Å². The molecule has 10 heteroatoms. The summed E-state index contributed by atoms with van der Waals surface area (Å²) >= 11 is 0. The van der Waals surface area contributed by atoms with Gasteiger partial charge < -0.3 is 28.2 Å². The van der Waals surface area contributed by atoms with Crippen molar-refractivity contribution in [1.82, 2.24) is 0 Å². The van der Waals surface area contributed by atoms with Crippen LogP contribution < -0.4 is 57.7 Å². The van der Waals surface area contributed by atoms with Gasteiger partial charge in [-0.3, -0.25) is 4.79 Å². The summed E-state index contributed by atoms with van der Waals surface area (Å²) in [7, 11) is -0.197. The van der Waals surface area contributed by atoms with E-state index in [2.05, 4.69) is 0 Å². The van der Waals surface area contributed by atoms with Crippen LogP contribution in [0.5, 0.6) is 28.7 Å². The molecule has 0 heterocycles. The predicted octanol–water partition coefficient (Wildman–Crippen LogP) is 1.46. The predicted molar refractivity (Wildman–Crippen MR) is 120 cm³/mol. The van der Waals surface area contributed by atoms with Crippen molar-refractivity contribution in [3.05, 3.63) is 77.9 Å². The van der Waals surface area contributed by atoms with Gasteiger partial charge in [0.15, 0.2) is 5.78 Å². The molecular formula is C24H24NaO8P. The monoisotopic (exact) mass is 494 g/mol. The number of benzene rings is 3. The Morgan fingerprint density at radius 3 is 1.97 bits per heavy atom. The van der Waals surface area contributed by atoms with Crippen molar-refractivity contribution >= 4 is 13.6 Å². The average molecular weight is 494 g/mol. The average Bonchev–Trinajstić information content (AvgIpc) is 2.81. The Balaban J connectivity index is 0.00000408. The zero-order valence-electron chi connectivity index (χ0n) is 19.5. The van der Waals surface area contributed by atoms with Gasteiger partial charge in [0.1, 0.15) is 34.3 Å². The van der Waals surface area contributed by atoms with Crippen molar-refractivity contribution in [1.29, 1.82) is 0 Å². The number of rotatable bonds is 11. The van der Waals surface area contributed by atoms with Gasteiger partial charge >= 0.3 is 37.4 Å². The van der Waals surface area contributed by atoms with Crippen LogP contribution in [0.25, 0.3) is 0 Å². The zero-order chi connectivity index (χ0) is 23.8. The molecule has 1 atom stereocenters. The van der Waals surface area contributed by atoms with Crippen molar-refractivity contribution in [2.24, 2.45) is 0 Å². The molecule has 0 aliphatic carbocycles. The fourth-order valence-corrected chi connectivity index (χ4v) is 3.97. The minimum atomic E-state index is -4.63. The maximum absolute atomic E-state index is 12.9. The second kappa shape index (κ2) is 12.8. The van der Waals surface area contributed by atoms with E-state index in [-0.39, 0.29) is 53.3 Å². The van der Waals surface area contributed by atoms with E-state index in [4.69, 9.17) is 23.3 Å². The molecule has 1 unspecified atom stereocenters. The van der Waals surface area contributed by atoms with Gasteiger partial charge in [0.2, 0.25) is 0 Å². The Bertz CT molecular complexity index is 1130. The molecule has 0 bridgehead atoms. The van der Waals surface area contributed by atoms with E-state index in [1.807, 2.05) is 0 Å². The third-order valence-electron chi connectivity index (χ3n) is 4.71. The van der Waals surface area contributed by atoms with Gasteiger partial charge in [-0.1, -0.05) is 30.3 Å². The Labute approximate surface area is 220 Å². The number of methoxy groups -OCH3 is 3. The Hall–Kier alpha value is -2.48. The largest absolute Gasteiger partial charge is 1.00 e. The van der Waals surface area contributed by atoms with Crippen LogP contribution in [0, 0.1) is 0 Å². The van der Waals surface area contributed by atoms with Crippen LogP contribution in [-0.4, -0.2) is 27.1 Å². The maximum atomic E-state index is 12.9. The molecule has 0 radical (unpaired) electrons. The summed E-state index contributed by atoms with van der Waals surface area (Å²) in [6.45, 7) is 0. The van der Waals surface area contributed by atoms with Crippen LogP contribution in [0.2, 0.25) is 0 Å². The summed E-state index contributed by atoms with van der Waals surface area (Å²) in [6, 6.07) is 17.8. The molecule has 0 aliphatic heterocycles. The van der Waals surface area contributed by atoms with E-state index in [0.29, 0.717) is 34.8 Å². The van der Waals surface area contributed by atoms with Gasteiger partial charge in [-0.15, -0.1) is 0 Å². The first-order chi connectivity index (χ1) is 15.8. The number of para-hydroxylation sites is 1. The number of Topliss-reactive ketones (excluding diaryl/α,β-unsaturated/α-hetero) is 1. The fraction of sp³-hybridized carbons (Fsp3) is 0.208. The molecular weight excluding hydrogens is 470 g/mol. The van der Waals surface area contributed by atoms with E-state index in [1.54, 1.807) is 48.5 Å². The molecule has 3 aromatic rings. The van der Waals surface area contributed by atoms with Crippen LogP contribution >= 0.6 is 7.82 Å². The molecule has 3 rings (SSSR count). The number of ether oxygens (including phenoxy) is 3. The number of carbonyl (C=O) groups excluding carboxylic acids is 1. The second-order valence-electron chi connectivity index (χ2n) is 6.92. The summed E-state index contributed by atoms with van der Waals surface area (Å²) in [5, 5.41) is 0. The molecule has 0 spiro atoms. The SMILES string of the molecule is COc1cc(OC)c(C(=O)CCc2cccc(OP(=O)([O-])Oc3ccccc3)c2)c(OC)c1.[Na+]. The zero-order valence-corrected chi connectivity index (χ0v) is 22.4. The molecule has 174 valence electrons. The Morgan fingerprint density at radius 1 is 0.794 bits per heavy atom. The van der Waals surface area contributed by atoms with E-state index in [0.717, 1.165) is 0 Å². The molecule has 0 amide bonds. The van der Waals surface area contributed by atoms with Crippen molar-refractivity contribution in [3.63, 3.8) is 0 Å². The fourth-order valence-electron chi connectivity index (χ4n) is 3.18. The van der Waals surface area contributed by atoms with Gasteiger partial charge in [0, 0.05) is 18.6 Å². The number of ketones is 1. The van der Waals surface area contributed by atoms with Crippen molar-refractivity contribution in [3.8, 4) is 28.7 Å². The third-order valence-corrected chi connectivity index (χ3v) is 5.58. The maximum Gasteiger partial charge on any atom is 1.00 e. The van der Waals surface area contributed by atoms with Gasteiger partial charge in [-0.05, 0) is 36.2 Å². The van der Waals surface area contributed by atoms with Crippen molar-refractivity contribution in [2.45, 2.75) is 12.8 Å². The quantitative estimate of drug-likeness (QED) is 0.224. The first kappa shape index (κ1) is 27.8. The van der Waals surface area contributed by atoms with Gasteiger partial charge in [-0.25, -0.2) is 4.57 Å². The first-order valence-corrected chi connectivity index (χ1v) is 11.5. The van der Waals surface area contributed by atoms with Crippen LogP contribution in [0.3, 0.4) is 0 Å². The molecule has 3 aromatic carbocycles. The van der Waals surface area contributed by atoms with E-state index in [9.17, 15) is 14.3 Å². The minimum absolute atomic E-state index is 0. The molecule has 0 saturated carbocycles. The minimum Gasteiger partial charge on any atom is -0.736 e. The van der Waals surface area contributed by atoms with E-state index in [1.165, 1.54) is 39.5 Å². The summed E-state index contributed by atoms with van der Waals surface area (Å²) in [5.74, 6) is 1.25.